The molecule has 0 aliphatic carbocycles. The minimum atomic E-state index is -0.182. The topological polar surface area (TPSA) is 60.7 Å². The number of piperidine rings is 1. The van der Waals surface area contributed by atoms with E-state index in [-0.39, 0.29) is 11.9 Å². The van der Waals surface area contributed by atoms with Gasteiger partial charge in [0.1, 0.15) is 5.82 Å². The number of aliphatic imine (C=N–C) groups is 1. The van der Waals surface area contributed by atoms with Crippen molar-refractivity contribution >= 4 is 11.6 Å². The fourth-order valence-electron chi connectivity index (χ4n) is 3.83. The van der Waals surface area contributed by atoms with Gasteiger partial charge >= 0.3 is 0 Å². The number of rotatable bonds is 7. The Kier molecular flexibility index (Phi) is 7.68. The van der Waals surface area contributed by atoms with Gasteiger partial charge in [-0.2, -0.15) is 5.10 Å². The molecule has 1 unspecified atom stereocenters. The maximum atomic E-state index is 13.5. The van der Waals surface area contributed by atoms with E-state index in [1.807, 2.05) is 30.2 Å². The molecule has 0 bridgehead atoms. The van der Waals surface area contributed by atoms with Crippen LogP contribution in [0.3, 0.4) is 0 Å². The molecule has 164 valence electrons. The average molecular weight is 416 g/mol. The standard InChI is InChI=1S/C22H34FN7/c1-5-24-22(25-15-21(28(2)3)17-14-26-29(4)16-17)27-19-9-11-30(12-10-19)20-8-6-7-18(23)13-20/h6-8,13-14,16,19,21H,5,9-12,15H2,1-4H3,(H2,24,25,27). The summed E-state index contributed by atoms with van der Waals surface area (Å²) in [6.45, 7) is 5.34. The Hall–Kier alpha value is -2.61. The largest absolute Gasteiger partial charge is 0.371 e. The number of aryl methyl sites for hydroxylation is 1. The van der Waals surface area contributed by atoms with E-state index < -0.39 is 0 Å². The van der Waals surface area contributed by atoms with Gasteiger partial charge in [-0.15, -0.1) is 0 Å². The molecular weight excluding hydrogens is 381 g/mol. The number of nitrogens with one attached hydrogen (secondary N) is 2. The van der Waals surface area contributed by atoms with Crippen LogP contribution >= 0.6 is 0 Å². The number of hydrogen-bond donors (Lipinski definition) is 2. The molecule has 2 aromatic rings. The number of likely N-dealkylation sites (N-methyl/N-ethyl adjacent to an activating group) is 1. The SMILES string of the molecule is CCNC(=NCC(c1cnn(C)c1)N(C)C)NC1CCN(c2cccc(F)c2)CC1. The van der Waals surface area contributed by atoms with E-state index in [4.69, 9.17) is 4.99 Å². The highest BCUT2D eigenvalue weighted by Gasteiger charge is 2.21. The van der Waals surface area contributed by atoms with Gasteiger partial charge < -0.3 is 20.4 Å². The lowest BCUT2D eigenvalue weighted by molar-refractivity contribution is 0.306. The molecule has 0 amide bonds. The molecule has 0 spiro atoms. The third-order valence-electron chi connectivity index (χ3n) is 5.51. The minimum absolute atomic E-state index is 0.170. The predicted octanol–water partition coefficient (Wildman–Crippen LogP) is 2.39. The van der Waals surface area contributed by atoms with E-state index in [9.17, 15) is 4.39 Å². The molecule has 0 radical (unpaired) electrons. The van der Waals surface area contributed by atoms with Crippen molar-refractivity contribution in [2.45, 2.75) is 31.8 Å². The Morgan fingerprint density at radius 2 is 2.10 bits per heavy atom. The summed E-state index contributed by atoms with van der Waals surface area (Å²) >= 11 is 0. The molecule has 1 aromatic heterocycles. The highest BCUT2D eigenvalue weighted by molar-refractivity contribution is 5.80. The zero-order chi connectivity index (χ0) is 21.5. The van der Waals surface area contributed by atoms with Gasteiger partial charge in [-0.05, 0) is 52.1 Å². The molecule has 7 nitrogen and oxygen atoms in total. The molecular formula is C22H34FN7. The number of hydrogen-bond acceptors (Lipinski definition) is 4. The maximum Gasteiger partial charge on any atom is 0.191 e. The third-order valence-corrected chi connectivity index (χ3v) is 5.51. The Labute approximate surface area is 179 Å². The third kappa shape index (κ3) is 5.95. The van der Waals surface area contributed by atoms with Crippen LogP contribution in [0.25, 0.3) is 0 Å². The van der Waals surface area contributed by atoms with Crippen molar-refractivity contribution in [1.82, 2.24) is 25.3 Å². The number of benzene rings is 1. The van der Waals surface area contributed by atoms with Crippen LogP contribution in [-0.2, 0) is 7.05 Å². The van der Waals surface area contributed by atoms with Gasteiger partial charge in [-0.1, -0.05) is 6.07 Å². The molecule has 1 atom stereocenters. The summed E-state index contributed by atoms with van der Waals surface area (Å²) in [6.07, 6.45) is 5.92. The molecule has 2 heterocycles. The average Bonchev–Trinajstić information content (AvgIpc) is 3.14. The number of halogens is 1. The summed E-state index contributed by atoms with van der Waals surface area (Å²) in [5, 5.41) is 11.3. The van der Waals surface area contributed by atoms with Gasteiger partial charge in [0, 0.05) is 50.2 Å². The van der Waals surface area contributed by atoms with Crippen LogP contribution in [0.15, 0.2) is 41.7 Å². The predicted molar refractivity (Wildman–Crippen MR) is 120 cm³/mol. The summed E-state index contributed by atoms with van der Waals surface area (Å²) in [4.78, 5) is 9.27. The summed E-state index contributed by atoms with van der Waals surface area (Å²) in [5.74, 6) is 0.663. The lowest BCUT2D eigenvalue weighted by atomic mass is 10.0. The summed E-state index contributed by atoms with van der Waals surface area (Å²) in [6, 6.07) is 7.37. The summed E-state index contributed by atoms with van der Waals surface area (Å²) < 4.78 is 15.3. The van der Waals surface area contributed by atoms with Crippen molar-refractivity contribution in [3.63, 3.8) is 0 Å². The number of aromatic nitrogens is 2. The van der Waals surface area contributed by atoms with Gasteiger partial charge in [0.25, 0.3) is 0 Å². The van der Waals surface area contributed by atoms with Crippen LogP contribution in [0.4, 0.5) is 10.1 Å². The van der Waals surface area contributed by atoms with Gasteiger partial charge in [0.15, 0.2) is 5.96 Å². The maximum absolute atomic E-state index is 13.5. The van der Waals surface area contributed by atoms with E-state index in [1.165, 1.54) is 6.07 Å². The van der Waals surface area contributed by atoms with Crippen molar-refractivity contribution in [3.8, 4) is 0 Å². The number of anilines is 1. The second-order valence-electron chi connectivity index (χ2n) is 8.03. The Bertz CT molecular complexity index is 824. The monoisotopic (exact) mass is 415 g/mol. The first-order valence-corrected chi connectivity index (χ1v) is 10.7. The highest BCUT2D eigenvalue weighted by Crippen LogP contribution is 2.21. The van der Waals surface area contributed by atoms with Gasteiger partial charge in [-0.3, -0.25) is 9.67 Å². The smallest absolute Gasteiger partial charge is 0.191 e. The van der Waals surface area contributed by atoms with E-state index in [1.54, 1.807) is 12.1 Å². The first-order valence-electron chi connectivity index (χ1n) is 10.7. The Morgan fingerprint density at radius 1 is 1.33 bits per heavy atom. The first kappa shape index (κ1) is 22.1. The molecule has 3 rings (SSSR count). The first-order chi connectivity index (χ1) is 14.5. The van der Waals surface area contributed by atoms with Gasteiger partial charge in [-0.25, -0.2) is 4.39 Å². The second-order valence-corrected chi connectivity index (χ2v) is 8.03. The van der Waals surface area contributed by atoms with Crippen molar-refractivity contribution < 1.29 is 4.39 Å². The minimum Gasteiger partial charge on any atom is -0.371 e. The van der Waals surface area contributed by atoms with E-state index >= 15 is 0 Å². The van der Waals surface area contributed by atoms with Gasteiger partial charge in [0.2, 0.25) is 0 Å². The van der Waals surface area contributed by atoms with Crippen LogP contribution in [0.5, 0.6) is 0 Å². The van der Waals surface area contributed by atoms with Crippen molar-refractivity contribution in [2.24, 2.45) is 12.0 Å². The number of guanidine groups is 1. The fourth-order valence-corrected chi connectivity index (χ4v) is 3.83. The zero-order valence-corrected chi connectivity index (χ0v) is 18.5. The van der Waals surface area contributed by atoms with Gasteiger partial charge in [0.05, 0.1) is 18.8 Å². The normalized spacial score (nSPS) is 16.7. The molecule has 0 saturated carbocycles. The van der Waals surface area contributed by atoms with Crippen LogP contribution in [0.2, 0.25) is 0 Å². The quantitative estimate of drug-likeness (QED) is 0.537. The summed E-state index contributed by atoms with van der Waals surface area (Å²) in [5.41, 5.74) is 2.12. The van der Waals surface area contributed by atoms with Crippen LogP contribution < -0.4 is 15.5 Å². The van der Waals surface area contributed by atoms with Crippen molar-refractivity contribution in [3.05, 3.63) is 48.0 Å². The second kappa shape index (κ2) is 10.4. The molecule has 8 heteroatoms. The number of nitrogens with zero attached hydrogens (tertiary/aromatic N) is 5. The fraction of sp³-hybridized carbons (Fsp3) is 0.545. The molecule has 1 fully saturated rings. The van der Waals surface area contributed by atoms with Crippen LogP contribution in [0, 0.1) is 5.82 Å². The van der Waals surface area contributed by atoms with E-state index in [0.717, 1.165) is 49.7 Å². The van der Waals surface area contributed by atoms with Crippen molar-refractivity contribution in [1.29, 1.82) is 0 Å². The molecule has 1 saturated heterocycles. The van der Waals surface area contributed by atoms with Crippen LogP contribution in [0.1, 0.15) is 31.4 Å². The molecule has 1 aliphatic heterocycles. The van der Waals surface area contributed by atoms with E-state index in [0.29, 0.717) is 12.6 Å². The summed E-state index contributed by atoms with van der Waals surface area (Å²) in [7, 11) is 6.06. The molecule has 1 aromatic carbocycles. The van der Waals surface area contributed by atoms with E-state index in [2.05, 4.69) is 46.6 Å². The lowest BCUT2D eigenvalue weighted by Gasteiger charge is -2.34. The zero-order valence-electron chi connectivity index (χ0n) is 18.5. The Morgan fingerprint density at radius 3 is 2.70 bits per heavy atom. The van der Waals surface area contributed by atoms with Crippen molar-refractivity contribution in [2.75, 3.05) is 45.2 Å². The Balaban J connectivity index is 1.58. The lowest BCUT2D eigenvalue weighted by Crippen LogP contribution is -2.49. The molecule has 30 heavy (non-hydrogen) atoms. The van der Waals surface area contributed by atoms with Crippen LogP contribution in [-0.4, -0.2) is 67.0 Å². The highest BCUT2D eigenvalue weighted by atomic mass is 19.1. The molecule has 1 aliphatic rings. The molecule has 2 N–H and O–H groups in total.